The largest absolute Gasteiger partial charge is 0.489 e. The van der Waals surface area contributed by atoms with Crippen LogP contribution in [-0.2, 0) is 6.42 Å². The van der Waals surface area contributed by atoms with Crippen LogP contribution < -0.4 is 14.8 Å². The smallest absolute Gasteiger partial charge is 0.161 e. The van der Waals surface area contributed by atoms with Crippen molar-refractivity contribution in [1.82, 2.24) is 10.3 Å². The minimum absolute atomic E-state index is 0.436. The summed E-state index contributed by atoms with van der Waals surface area (Å²) in [5, 5.41) is 7.00. The Morgan fingerprint density at radius 2 is 1.66 bits per heavy atom. The van der Waals surface area contributed by atoms with E-state index in [1.54, 1.807) is 23.1 Å². The third-order valence-electron chi connectivity index (χ3n) is 7.45. The van der Waals surface area contributed by atoms with Gasteiger partial charge >= 0.3 is 0 Å². The summed E-state index contributed by atoms with van der Waals surface area (Å²) < 4.78 is 14.9. The number of thiazole rings is 1. The van der Waals surface area contributed by atoms with Crippen LogP contribution in [0.5, 0.6) is 11.5 Å². The van der Waals surface area contributed by atoms with Gasteiger partial charge in [-0.2, -0.15) is 0 Å². The van der Waals surface area contributed by atoms with E-state index in [4.69, 9.17) is 26.1 Å². The number of ether oxygens (including phenoxy) is 2. The Labute approximate surface area is 235 Å². The highest BCUT2D eigenvalue weighted by Gasteiger charge is 2.37. The van der Waals surface area contributed by atoms with E-state index >= 15 is 0 Å². The van der Waals surface area contributed by atoms with E-state index in [0.717, 1.165) is 43.3 Å². The first-order valence-electron chi connectivity index (χ1n) is 13.1. The fraction of sp³-hybridized carbons (Fsp3) is 0.258. The Kier molecular flexibility index (Phi) is 6.66. The SMILES string of the molecule is Clc1ccc2sc(SCCOc3cc4c(cc3OCCc3cccc5ccccc35)C3CCC4N3)nc2c1. The standard InChI is InChI=1S/C31H27ClN2O2S2/c32-21-8-11-30-27(16-21)34-31(38-30)37-15-14-36-29-18-24-23(25-9-10-26(24)33-25)17-28(29)35-13-12-20-6-3-5-19-4-1-2-7-22(19)20/h1-8,11,16-18,25-26,33H,9-10,12-15H2. The first-order valence-corrected chi connectivity index (χ1v) is 15.2. The van der Waals surface area contributed by atoms with Crippen LogP contribution in [0.15, 0.2) is 77.1 Å². The van der Waals surface area contributed by atoms with Crippen LogP contribution >= 0.6 is 34.7 Å². The Hall–Kier alpha value is -2.77. The molecule has 2 bridgehead atoms. The van der Waals surface area contributed by atoms with E-state index in [2.05, 4.69) is 59.9 Å². The summed E-state index contributed by atoms with van der Waals surface area (Å²) in [6, 6.07) is 26.2. The van der Waals surface area contributed by atoms with Crippen LogP contribution in [-0.4, -0.2) is 24.0 Å². The lowest BCUT2D eigenvalue weighted by Crippen LogP contribution is -2.08. The van der Waals surface area contributed by atoms with Crippen LogP contribution in [0.4, 0.5) is 0 Å². The van der Waals surface area contributed by atoms with Crippen molar-refractivity contribution in [3.05, 3.63) is 94.5 Å². The zero-order valence-corrected chi connectivity index (χ0v) is 23.2. The number of benzene rings is 4. The second-order valence-electron chi connectivity index (χ2n) is 9.80. The first-order chi connectivity index (χ1) is 18.7. The molecule has 3 heterocycles. The van der Waals surface area contributed by atoms with Gasteiger partial charge in [0.2, 0.25) is 0 Å². The molecule has 0 spiro atoms. The fourth-order valence-electron chi connectivity index (χ4n) is 5.66. The summed E-state index contributed by atoms with van der Waals surface area (Å²) in [6.07, 6.45) is 3.23. The van der Waals surface area contributed by atoms with Gasteiger partial charge in [0.25, 0.3) is 0 Å². The Bertz CT molecular complexity index is 1630. The van der Waals surface area contributed by atoms with Crippen LogP contribution in [0.3, 0.4) is 0 Å². The Morgan fingerprint density at radius 3 is 2.50 bits per heavy atom. The minimum atomic E-state index is 0.436. The monoisotopic (exact) mass is 558 g/mol. The van der Waals surface area contributed by atoms with E-state index < -0.39 is 0 Å². The maximum atomic E-state index is 6.41. The number of halogens is 1. The van der Waals surface area contributed by atoms with Gasteiger partial charge < -0.3 is 14.8 Å². The Morgan fingerprint density at radius 1 is 0.895 bits per heavy atom. The molecule has 7 heteroatoms. The number of hydrogen-bond acceptors (Lipinski definition) is 6. The highest BCUT2D eigenvalue weighted by Crippen LogP contribution is 2.48. The quantitative estimate of drug-likeness (QED) is 0.145. The summed E-state index contributed by atoms with van der Waals surface area (Å²) in [7, 11) is 0. The van der Waals surface area contributed by atoms with Gasteiger partial charge in [-0.1, -0.05) is 65.8 Å². The maximum absolute atomic E-state index is 6.41. The van der Waals surface area contributed by atoms with Gasteiger partial charge in [-0.25, -0.2) is 4.98 Å². The zero-order valence-electron chi connectivity index (χ0n) is 20.8. The van der Waals surface area contributed by atoms with Gasteiger partial charge in [0.15, 0.2) is 15.8 Å². The molecule has 7 rings (SSSR count). The summed E-state index contributed by atoms with van der Waals surface area (Å²) in [6.45, 7) is 1.19. The molecular formula is C31H27ClN2O2S2. The molecule has 1 saturated heterocycles. The highest BCUT2D eigenvalue weighted by molar-refractivity contribution is 8.01. The van der Waals surface area contributed by atoms with E-state index in [1.807, 2.05) is 18.2 Å². The Balaban J connectivity index is 1.04. The van der Waals surface area contributed by atoms with Crippen molar-refractivity contribution in [3.8, 4) is 11.5 Å². The molecule has 192 valence electrons. The number of nitrogens with one attached hydrogen (secondary N) is 1. The van der Waals surface area contributed by atoms with Gasteiger partial charge in [-0.15, -0.1) is 11.3 Å². The normalized spacial score (nSPS) is 17.8. The zero-order chi connectivity index (χ0) is 25.5. The summed E-state index contributed by atoms with van der Waals surface area (Å²) in [4.78, 5) is 4.71. The van der Waals surface area contributed by atoms with Crippen LogP contribution in [0, 0.1) is 0 Å². The summed E-state index contributed by atoms with van der Waals surface area (Å²) in [5.41, 5.74) is 5.00. The number of fused-ring (bicyclic) bond motifs is 7. The number of thioether (sulfide) groups is 1. The van der Waals surface area contributed by atoms with E-state index in [1.165, 1.54) is 40.3 Å². The van der Waals surface area contributed by atoms with Crippen LogP contribution in [0.1, 0.15) is 41.6 Å². The van der Waals surface area contributed by atoms with Gasteiger partial charge in [0, 0.05) is 29.3 Å². The predicted octanol–water partition coefficient (Wildman–Crippen LogP) is 8.37. The van der Waals surface area contributed by atoms with Crippen LogP contribution in [0.2, 0.25) is 5.02 Å². The molecule has 0 amide bonds. The molecule has 5 aromatic rings. The molecule has 4 nitrogen and oxygen atoms in total. The molecule has 2 atom stereocenters. The van der Waals surface area contributed by atoms with Crippen molar-refractivity contribution in [2.45, 2.75) is 35.7 Å². The molecule has 2 unspecified atom stereocenters. The number of aromatic nitrogens is 1. The summed E-state index contributed by atoms with van der Waals surface area (Å²) in [5.74, 6) is 2.50. The molecule has 0 saturated carbocycles. The average molecular weight is 559 g/mol. The van der Waals surface area contributed by atoms with Crippen molar-refractivity contribution < 1.29 is 9.47 Å². The molecule has 1 aromatic heterocycles. The molecule has 38 heavy (non-hydrogen) atoms. The topological polar surface area (TPSA) is 43.4 Å². The summed E-state index contributed by atoms with van der Waals surface area (Å²) >= 11 is 9.53. The van der Waals surface area contributed by atoms with Gasteiger partial charge in [0.05, 0.1) is 23.4 Å². The second kappa shape index (κ2) is 10.4. The number of rotatable bonds is 9. The van der Waals surface area contributed by atoms with Crippen molar-refractivity contribution in [3.63, 3.8) is 0 Å². The van der Waals surface area contributed by atoms with E-state index in [-0.39, 0.29) is 0 Å². The molecule has 0 aliphatic carbocycles. The maximum Gasteiger partial charge on any atom is 0.161 e. The van der Waals surface area contributed by atoms with Gasteiger partial charge in [-0.05, 0) is 70.6 Å². The third kappa shape index (κ3) is 4.75. The van der Waals surface area contributed by atoms with Crippen molar-refractivity contribution in [2.24, 2.45) is 0 Å². The number of hydrogen-bond donors (Lipinski definition) is 1. The van der Waals surface area contributed by atoms with Crippen molar-refractivity contribution >= 4 is 55.7 Å². The lowest BCUT2D eigenvalue weighted by atomic mass is 9.91. The first kappa shape index (κ1) is 24.3. The van der Waals surface area contributed by atoms with Gasteiger partial charge in [-0.3, -0.25) is 0 Å². The number of nitrogens with zero attached hydrogens (tertiary/aromatic N) is 1. The molecule has 0 radical (unpaired) electrons. The van der Waals surface area contributed by atoms with Crippen molar-refractivity contribution in [1.29, 1.82) is 0 Å². The van der Waals surface area contributed by atoms with E-state index in [0.29, 0.717) is 25.3 Å². The average Bonchev–Trinajstić information content (AvgIpc) is 3.66. The lowest BCUT2D eigenvalue weighted by molar-refractivity contribution is 0.280. The predicted molar refractivity (Wildman–Crippen MR) is 158 cm³/mol. The minimum Gasteiger partial charge on any atom is -0.489 e. The molecular weight excluding hydrogens is 532 g/mol. The fourth-order valence-corrected chi connectivity index (χ4v) is 7.76. The van der Waals surface area contributed by atoms with Crippen molar-refractivity contribution in [2.75, 3.05) is 19.0 Å². The molecule has 2 aliphatic heterocycles. The molecule has 2 aliphatic rings. The van der Waals surface area contributed by atoms with Gasteiger partial charge in [0.1, 0.15) is 0 Å². The van der Waals surface area contributed by atoms with Crippen LogP contribution in [0.25, 0.3) is 21.0 Å². The molecule has 1 fully saturated rings. The molecule has 1 N–H and O–H groups in total. The third-order valence-corrected chi connectivity index (χ3v) is 9.83. The molecule has 4 aromatic carbocycles. The van der Waals surface area contributed by atoms with E-state index in [9.17, 15) is 0 Å². The highest BCUT2D eigenvalue weighted by atomic mass is 35.5. The lowest BCUT2D eigenvalue weighted by Gasteiger charge is -2.19. The second-order valence-corrected chi connectivity index (χ2v) is 12.6.